The lowest BCUT2D eigenvalue weighted by Crippen LogP contribution is -1.96. The van der Waals surface area contributed by atoms with Crippen molar-refractivity contribution >= 4 is 31.6 Å². The Labute approximate surface area is 69.2 Å². The number of allylic oxidation sites excluding steroid dienone is 1. The second-order valence-corrected chi connectivity index (χ2v) is 4.22. The molecule has 60 valence electrons. The predicted octanol–water partition coefficient (Wildman–Crippen LogP) is 1.63. The van der Waals surface area contributed by atoms with Crippen LogP contribution >= 0.6 is 22.3 Å². The zero-order valence-corrected chi connectivity index (χ0v) is 7.50. The normalized spacial score (nSPS) is 13.7. The maximum Gasteiger partial charge on any atom is 0.355 e. The standard InChI is InChI=1S/C4H6Cl2O3S/c1-4(5)2-3-9-10(6,7)8/h2H,3H2,1H3/b4-2-. The minimum atomic E-state index is -3.85. The van der Waals surface area contributed by atoms with Crippen molar-refractivity contribution in [3.05, 3.63) is 11.1 Å². The third-order valence-electron chi connectivity index (χ3n) is 0.573. The monoisotopic (exact) mass is 204 g/mol. The number of hydrogen-bond donors (Lipinski definition) is 0. The summed E-state index contributed by atoms with van der Waals surface area (Å²) in [6.07, 6.45) is 1.39. The number of halogens is 2. The lowest BCUT2D eigenvalue weighted by molar-refractivity contribution is 0.369. The fourth-order valence-corrected chi connectivity index (χ4v) is 0.678. The van der Waals surface area contributed by atoms with E-state index in [0.29, 0.717) is 5.03 Å². The Morgan fingerprint density at radius 1 is 1.70 bits per heavy atom. The molecule has 0 saturated heterocycles. The van der Waals surface area contributed by atoms with Crippen LogP contribution in [0.5, 0.6) is 0 Å². The molecule has 0 saturated carbocycles. The molecule has 6 heteroatoms. The summed E-state index contributed by atoms with van der Waals surface area (Å²) in [5.74, 6) is 0. The van der Waals surface area contributed by atoms with Gasteiger partial charge >= 0.3 is 9.33 Å². The third kappa shape index (κ3) is 8.23. The van der Waals surface area contributed by atoms with Crippen LogP contribution in [-0.2, 0) is 13.5 Å². The first-order valence-corrected chi connectivity index (χ1v) is 4.94. The average Bonchev–Trinajstić information content (AvgIpc) is 1.59. The van der Waals surface area contributed by atoms with Crippen LogP contribution in [0.3, 0.4) is 0 Å². The van der Waals surface area contributed by atoms with Gasteiger partial charge < -0.3 is 0 Å². The Balaban J connectivity index is 3.69. The van der Waals surface area contributed by atoms with E-state index in [1.54, 1.807) is 6.92 Å². The molecule has 0 aliphatic carbocycles. The summed E-state index contributed by atoms with van der Waals surface area (Å²) in [4.78, 5) is 0. The Bertz CT molecular complexity index is 215. The topological polar surface area (TPSA) is 43.4 Å². The van der Waals surface area contributed by atoms with Gasteiger partial charge in [-0.1, -0.05) is 11.6 Å². The highest BCUT2D eigenvalue weighted by Crippen LogP contribution is 2.01. The van der Waals surface area contributed by atoms with Crippen LogP contribution in [0.4, 0.5) is 0 Å². The van der Waals surface area contributed by atoms with E-state index in [1.165, 1.54) is 6.08 Å². The van der Waals surface area contributed by atoms with Crippen molar-refractivity contribution < 1.29 is 12.6 Å². The summed E-state index contributed by atoms with van der Waals surface area (Å²) in [5, 5.41) is 0.459. The highest BCUT2D eigenvalue weighted by atomic mass is 35.7. The van der Waals surface area contributed by atoms with Gasteiger partial charge in [-0.2, -0.15) is 8.42 Å². The summed E-state index contributed by atoms with van der Waals surface area (Å²) in [5.41, 5.74) is 0. The molecule has 0 amide bonds. The van der Waals surface area contributed by atoms with Gasteiger partial charge in [0, 0.05) is 15.7 Å². The number of hydrogen-bond acceptors (Lipinski definition) is 3. The summed E-state index contributed by atoms with van der Waals surface area (Å²) in [6, 6.07) is 0. The third-order valence-corrected chi connectivity index (χ3v) is 1.41. The van der Waals surface area contributed by atoms with E-state index in [1.807, 2.05) is 0 Å². The van der Waals surface area contributed by atoms with E-state index in [9.17, 15) is 8.42 Å². The lowest BCUT2D eigenvalue weighted by atomic mass is 10.6. The van der Waals surface area contributed by atoms with Gasteiger partial charge in [0.15, 0.2) is 0 Å². The molecule has 0 spiro atoms. The van der Waals surface area contributed by atoms with Crippen molar-refractivity contribution in [2.75, 3.05) is 6.61 Å². The minimum absolute atomic E-state index is 0.124. The molecule has 0 bridgehead atoms. The molecule has 3 nitrogen and oxygen atoms in total. The molecule has 0 aromatic carbocycles. The van der Waals surface area contributed by atoms with Gasteiger partial charge in [0.05, 0.1) is 6.61 Å². The molecule has 0 unspecified atom stereocenters. The van der Waals surface area contributed by atoms with Crippen molar-refractivity contribution in [2.45, 2.75) is 6.92 Å². The van der Waals surface area contributed by atoms with E-state index >= 15 is 0 Å². The Morgan fingerprint density at radius 3 is 2.50 bits per heavy atom. The molecule has 0 rings (SSSR count). The number of rotatable bonds is 3. The van der Waals surface area contributed by atoms with Crippen LogP contribution in [0.1, 0.15) is 6.92 Å². The van der Waals surface area contributed by atoms with Crippen molar-refractivity contribution in [3.63, 3.8) is 0 Å². The zero-order chi connectivity index (χ0) is 8.20. The molecule has 0 radical (unpaired) electrons. The molecule has 0 fully saturated rings. The summed E-state index contributed by atoms with van der Waals surface area (Å²) >= 11 is 5.35. The minimum Gasteiger partial charge on any atom is -0.254 e. The molecule has 0 aliphatic heterocycles. The molecule has 0 heterocycles. The van der Waals surface area contributed by atoms with Crippen LogP contribution in [0.2, 0.25) is 0 Å². The van der Waals surface area contributed by atoms with E-state index in [4.69, 9.17) is 22.3 Å². The van der Waals surface area contributed by atoms with Crippen molar-refractivity contribution in [3.8, 4) is 0 Å². The Morgan fingerprint density at radius 2 is 2.20 bits per heavy atom. The van der Waals surface area contributed by atoms with Gasteiger partial charge in [0.25, 0.3) is 0 Å². The Hall–Kier alpha value is 0.230. The van der Waals surface area contributed by atoms with E-state index in [2.05, 4.69) is 4.18 Å². The SMILES string of the molecule is C/C(Cl)=C/COS(=O)(=O)Cl. The first-order chi connectivity index (χ1) is 4.42. The smallest absolute Gasteiger partial charge is 0.254 e. The highest BCUT2D eigenvalue weighted by Gasteiger charge is 2.01. The maximum atomic E-state index is 10.1. The second-order valence-electron chi connectivity index (χ2n) is 1.47. The van der Waals surface area contributed by atoms with Crippen LogP contribution in [0.25, 0.3) is 0 Å². The molecular weight excluding hydrogens is 199 g/mol. The van der Waals surface area contributed by atoms with Crippen LogP contribution in [0, 0.1) is 0 Å². The second kappa shape index (κ2) is 4.18. The average molecular weight is 205 g/mol. The highest BCUT2D eigenvalue weighted by molar-refractivity contribution is 8.09. The molecule has 0 aliphatic rings. The fourth-order valence-electron chi connectivity index (χ4n) is 0.230. The quantitative estimate of drug-likeness (QED) is 0.657. The van der Waals surface area contributed by atoms with Crippen LogP contribution in [0.15, 0.2) is 11.1 Å². The van der Waals surface area contributed by atoms with Gasteiger partial charge in [0.1, 0.15) is 0 Å². The lowest BCUT2D eigenvalue weighted by Gasteiger charge is -1.91. The molecule has 0 N–H and O–H groups in total. The van der Waals surface area contributed by atoms with Gasteiger partial charge in [-0.15, -0.1) is 0 Å². The van der Waals surface area contributed by atoms with E-state index in [0.717, 1.165) is 0 Å². The van der Waals surface area contributed by atoms with Gasteiger partial charge in [0.2, 0.25) is 0 Å². The van der Waals surface area contributed by atoms with Crippen molar-refractivity contribution in [1.82, 2.24) is 0 Å². The molecule has 0 atom stereocenters. The summed E-state index contributed by atoms with van der Waals surface area (Å²) < 4.78 is 24.3. The maximum absolute atomic E-state index is 10.1. The van der Waals surface area contributed by atoms with Crippen molar-refractivity contribution in [2.24, 2.45) is 0 Å². The van der Waals surface area contributed by atoms with Crippen LogP contribution < -0.4 is 0 Å². The molecular formula is C4H6Cl2O3S. The first-order valence-electron chi connectivity index (χ1n) is 2.33. The van der Waals surface area contributed by atoms with Gasteiger partial charge in [-0.3, -0.25) is 4.18 Å². The molecule has 10 heavy (non-hydrogen) atoms. The first kappa shape index (κ1) is 10.2. The zero-order valence-electron chi connectivity index (χ0n) is 5.17. The summed E-state index contributed by atoms with van der Waals surface area (Å²) in [6.45, 7) is 1.48. The summed E-state index contributed by atoms with van der Waals surface area (Å²) in [7, 11) is 0.843. The van der Waals surface area contributed by atoms with Crippen LogP contribution in [-0.4, -0.2) is 15.0 Å². The fraction of sp³-hybridized carbons (Fsp3) is 0.500. The molecule has 0 aromatic rings. The van der Waals surface area contributed by atoms with Crippen molar-refractivity contribution in [1.29, 1.82) is 0 Å². The van der Waals surface area contributed by atoms with Gasteiger partial charge in [-0.25, -0.2) is 0 Å². The van der Waals surface area contributed by atoms with E-state index < -0.39 is 9.33 Å². The van der Waals surface area contributed by atoms with Gasteiger partial charge in [-0.05, 0) is 13.0 Å². The molecule has 0 aromatic heterocycles. The Kier molecular flexibility index (Phi) is 4.28. The largest absolute Gasteiger partial charge is 0.355 e. The van der Waals surface area contributed by atoms with E-state index in [-0.39, 0.29) is 6.61 Å². The predicted molar refractivity (Wildman–Crippen MR) is 40.3 cm³/mol.